The molecule has 4 atom stereocenters. The van der Waals surface area contributed by atoms with Gasteiger partial charge in [-0.05, 0) is 43.0 Å². The summed E-state index contributed by atoms with van der Waals surface area (Å²) in [5.74, 6) is -2.70. The first kappa shape index (κ1) is 34.9. The van der Waals surface area contributed by atoms with E-state index >= 15 is 0 Å². The van der Waals surface area contributed by atoms with Crippen LogP contribution in [0, 0.1) is 0 Å². The van der Waals surface area contributed by atoms with Crippen LogP contribution < -0.4 is 44.2 Å². The molecule has 0 unspecified atom stereocenters. The molecule has 0 bridgehead atoms. The Morgan fingerprint density at radius 1 is 0.750 bits per heavy atom. The van der Waals surface area contributed by atoms with E-state index in [1.165, 1.54) is 26.1 Å². The quantitative estimate of drug-likeness (QED) is 0.0582. The molecule has 13 N–H and O–H groups in total. The van der Waals surface area contributed by atoms with Crippen LogP contribution in [-0.4, -0.2) is 78.4 Å². The minimum absolute atomic E-state index is 0.0490. The summed E-state index contributed by atoms with van der Waals surface area (Å²) in [7, 11) is 1.45. The average molecular weight is 611 g/mol. The lowest BCUT2D eigenvalue weighted by atomic mass is 10.0. The minimum Gasteiger partial charge on any atom is -0.508 e. The Morgan fingerprint density at radius 2 is 1.34 bits per heavy atom. The lowest BCUT2D eigenvalue weighted by Gasteiger charge is -2.25. The maximum Gasteiger partial charge on any atom is 0.245 e. The van der Waals surface area contributed by atoms with Crippen molar-refractivity contribution < 1.29 is 24.3 Å². The molecule has 0 saturated heterocycles. The van der Waals surface area contributed by atoms with Crippen molar-refractivity contribution in [2.45, 2.75) is 56.8 Å². The molecule has 2 rings (SSSR count). The van der Waals surface area contributed by atoms with Crippen LogP contribution in [0.4, 0.5) is 0 Å². The number of guanidine groups is 2. The van der Waals surface area contributed by atoms with Crippen molar-refractivity contribution in [3.05, 3.63) is 65.7 Å². The number of nitrogens with zero attached hydrogens (tertiary/aromatic N) is 2. The van der Waals surface area contributed by atoms with E-state index in [0.29, 0.717) is 12.0 Å². The van der Waals surface area contributed by atoms with E-state index < -0.39 is 47.8 Å². The molecular weight excluding hydrogens is 568 g/mol. The van der Waals surface area contributed by atoms with E-state index in [9.17, 15) is 24.3 Å². The summed E-state index contributed by atoms with van der Waals surface area (Å²) in [5, 5.41) is 20.1. The molecule has 238 valence electrons. The highest BCUT2D eigenvalue weighted by molar-refractivity contribution is 5.95. The van der Waals surface area contributed by atoms with Gasteiger partial charge in [0, 0.05) is 26.4 Å². The standard InChI is InChI=1S/C29H42N10O5/c1-17(24(41)34-2)36-26(43)22(15-18-7-4-3-5-8-18)38-25(42)21(9-6-14-35-28(30)31)37-27(44)23(39-29(32)33)16-19-10-12-20(40)13-11-19/h3-5,7-8,10-13,17,21-23,40H,6,9,14-16H2,1-2H3,(H,34,41)(H,36,43)(H,37,44)(H,38,42)(H4,30,31,35)(H4,32,33,39)/t17-,21+,22-,23-/m0/s1. The first-order valence-electron chi connectivity index (χ1n) is 14.0. The van der Waals surface area contributed by atoms with E-state index in [1.54, 1.807) is 36.4 Å². The second-order valence-corrected chi connectivity index (χ2v) is 10.0. The Bertz CT molecular complexity index is 1310. The van der Waals surface area contributed by atoms with Gasteiger partial charge in [-0.25, -0.2) is 4.99 Å². The number of carbonyl (C=O) groups is 4. The lowest BCUT2D eigenvalue weighted by Crippen LogP contribution is -2.57. The van der Waals surface area contributed by atoms with Gasteiger partial charge in [0.15, 0.2) is 11.9 Å². The first-order valence-corrected chi connectivity index (χ1v) is 14.0. The van der Waals surface area contributed by atoms with E-state index in [4.69, 9.17) is 22.9 Å². The molecule has 0 saturated carbocycles. The van der Waals surface area contributed by atoms with Crippen molar-refractivity contribution in [2.75, 3.05) is 13.6 Å². The van der Waals surface area contributed by atoms with Gasteiger partial charge < -0.3 is 49.3 Å². The molecule has 2 aromatic rings. The van der Waals surface area contributed by atoms with Crippen LogP contribution in [0.25, 0.3) is 0 Å². The van der Waals surface area contributed by atoms with Crippen LogP contribution in [0.3, 0.4) is 0 Å². The molecule has 0 aliphatic heterocycles. The number of phenolic OH excluding ortho intramolecular Hbond substituents is 1. The first-order chi connectivity index (χ1) is 20.9. The lowest BCUT2D eigenvalue weighted by molar-refractivity contribution is -0.133. The van der Waals surface area contributed by atoms with Gasteiger partial charge in [0.05, 0.1) is 0 Å². The third-order valence-corrected chi connectivity index (χ3v) is 6.47. The zero-order valence-corrected chi connectivity index (χ0v) is 24.8. The maximum absolute atomic E-state index is 13.6. The molecule has 44 heavy (non-hydrogen) atoms. The number of hydrogen-bond donors (Lipinski definition) is 9. The van der Waals surface area contributed by atoms with Gasteiger partial charge in [0.1, 0.15) is 29.9 Å². The highest BCUT2D eigenvalue weighted by atomic mass is 16.3. The minimum atomic E-state index is -1.13. The van der Waals surface area contributed by atoms with E-state index in [0.717, 1.165) is 5.56 Å². The number of amides is 4. The molecule has 15 nitrogen and oxygen atoms in total. The smallest absolute Gasteiger partial charge is 0.245 e. The van der Waals surface area contributed by atoms with Gasteiger partial charge in [-0.2, -0.15) is 0 Å². The summed E-state index contributed by atoms with van der Waals surface area (Å²) in [6.45, 7) is 1.70. The van der Waals surface area contributed by atoms with E-state index in [-0.39, 0.29) is 43.5 Å². The largest absolute Gasteiger partial charge is 0.508 e. The molecule has 0 aliphatic carbocycles. The number of likely N-dealkylation sites (N-methyl/N-ethyl adjacent to an activating group) is 1. The van der Waals surface area contributed by atoms with Gasteiger partial charge in [-0.15, -0.1) is 0 Å². The number of aromatic hydroxyl groups is 1. The number of hydrogen-bond acceptors (Lipinski definition) is 7. The molecule has 0 fully saturated rings. The number of aliphatic imine (C=N–C) groups is 2. The molecule has 0 radical (unpaired) electrons. The average Bonchev–Trinajstić information content (AvgIpc) is 2.98. The number of rotatable bonds is 16. The highest BCUT2D eigenvalue weighted by Gasteiger charge is 2.30. The topological polar surface area (TPSA) is 265 Å². The van der Waals surface area contributed by atoms with Crippen molar-refractivity contribution in [1.29, 1.82) is 0 Å². The van der Waals surface area contributed by atoms with Crippen LogP contribution >= 0.6 is 0 Å². The predicted molar refractivity (Wildman–Crippen MR) is 167 cm³/mol. The van der Waals surface area contributed by atoms with Gasteiger partial charge in [0.25, 0.3) is 0 Å². The maximum atomic E-state index is 13.6. The van der Waals surface area contributed by atoms with Crippen molar-refractivity contribution in [3.8, 4) is 5.75 Å². The van der Waals surface area contributed by atoms with E-state index in [2.05, 4.69) is 31.3 Å². The van der Waals surface area contributed by atoms with Crippen LogP contribution in [-0.2, 0) is 32.0 Å². The Labute approximate surface area is 255 Å². The number of benzene rings is 2. The second kappa shape index (κ2) is 17.6. The molecule has 4 amide bonds. The van der Waals surface area contributed by atoms with Crippen molar-refractivity contribution in [3.63, 3.8) is 0 Å². The fraction of sp³-hybridized carbons (Fsp3) is 0.379. The Morgan fingerprint density at radius 3 is 1.93 bits per heavy atom. The van der Waals surface area contributed by atoms with Gasteiger partial charge in [0.2, 0.25) is 23.6 Å². The molecule has 0 aromatic heterocycles. The predicted octanol–water partition coefficient (Wildman–Crippen LogP) is -1.91. The summed E-state index contributed by atoms with van der Waals surface area (Å²) >= 11 is 0. The van der Waals surface area contributed by atoms with Crippen LogP contribution in [0.1, 0.15) is 30.9 Å². The van der Waals surface area contributed by atoms with E-state index in [1.807, 2.05) is 6.07 Å². The van der Waals surface area contributed by atoms with Crippen LogP contribution in [0.5, 0.6) is 5.75 Å². The van der Waals surface area contributed by atoms with Gasteiger partial charge in [-0.3, -0.25) is 24.2 Å². The second-order valence-electron chi connectivity index (χ2n) is 10.0. The number of carbonyl (C=O) groups excluding carboxylic acids is 4. The third kappa shape index (κ3) is 12.3. The molecular formula is C29H42N10O5. The zero-order valence-electron chi connectivity index (χ0n) is 24.8. The molecule has 0 heterocycles. The number of nitrogens with two attached hydrogens (primary N) is 4. The summed E-state index contributed by atoms with van der Waals surface area (Å²) in [5.41, 5.74) is 23.4. The summed E-state index contributed by atoms with van der Waals surface area (Å²) < 4.78 is 0. The Kier molecular flexibility index (Phi) is 13.9. The number of nitrogens with one attached hydrogen (secondary N) is 4. The molecule has 0 spiro atoms. The fourth-order valence-corrected chi connectivity index (χ4v) is 4.20. The van der Waals surface area contributed by atoms with Gasteiger partial charge in [-0.1, -0.05) is 42.5 Å². The van der Waals surface area contributed by atoms with Crippen LogP contribution in [0.15, 0.2) is 64.6 Å². The number of phenols is 1. The highest BCUT2D eigenvalue weighted by Crippen LogP contribution is 2.13. The Hall–Kier alpha value is -5.34. The van der Waals surface area contributed by atoms with Gasteiger partial charge >= 0.3 is 0 Å². The van der Waals surface area contributed by atoms with Crippen molar-refractivity contribution in [1.82, 2.24) is 21.3 Å². The molecule has 0 aliphatic rings. The zero-order chi connectivity index (χ0) is 32.6. The van der Waals surface area contributed by atoms with Crippen molar-refractivity contribution in [2.24, 2.45) is 32.9 Å². The normalized spacial score (nSPS) is 13.2. The fourth-order valence-electron chi connectivity index (χ4n) is 4.20. The molecule has 15 heteroatoms. The van der Waals surface area contributed by atoms with Crippen molar-refractivity contribution >= 4 is 35.5 Å². The monoisotopic (exact) mass is 610 g/mol. The summed E-state index contributed by atoms with van der Waals surface area (Å²) in [6, 6.07) is 11.0. The van der Waals surface area contributed by atoms with Crippen LogP contribution in [0.2, 0.25) is 0 Å². The summed E-state index contributed by atoms with van der Waals surface area (Å²) in [6.07, 6.45) is 0.606. The Balaban J connectivity index is 2.31. The SMILES string of the molecule is CNC(=O)[C@H](C)NC(=O)[C@H](Cc1ccccc1)NC(=O)[C@@H](CCCN=C(N)N)NC(=O)[C@H](Cc1ccc(O)cc1)N=C(N)N. The molecule has 2 aromatic carbocycles. The third-order valence-electron chi connectivity index (χ3n) is 6.47. The summed E-state index contributed by atoms with van der Waals surface area (Å²) in [4.78, 5) is 60.3.